The van der Waals surface area contributed by atoms with E-state index >= 15 is 0 Å². The molecule has 0 aromatic carbocycles. The zero-order valence-electron chi connectivity index (χ0n) is 8.44. The van der Waals surface area contributed by atoms with E-state index in [0.717, 1.165) is 0 Å². The molecule has 0 radical (unpaired) electrons. The van der Waals surface area contributed by atoms with Crippen LogP contribution in [0, 0.1) is 5.41 Å². The van der Waals surface area contributed by atoms with Gasteiger partial charge in [-0.25, -0.2) is 0 Å². The Morgan fingerprint density at radius 1 is 1.17 bits per heavy atom. The number of carbonyl (C=O) groups excluding carboxylic acids is 2. The normalized spacial score (nSPS) is 11.3. The Hall–Kier alpha value is -0.660. The van der Waals surface area contributed by atoms with E-state index in [-0.39, 0.29) is 17.0 Å². The Bertz CT molecular complexity index is 180. The number of Topliss-reactive ketones (excluding diaryl/α,β-unsaturated/α-hetero) is 2. The van der Waals surface area contributed by atoms with Crippen LogP contribution in [0.1, 0.15) is 47.0 Å². The molecule has 0 saturated carbocycles. The van der Waals surface area contributed by atoms with Gasteiger partial charge in [0.1, 0.15) is 11.6 Å². The van der Waals surface area contributed by atoms with Crippen LogP contribution in [-0.4, -0.2) is 11.6 Å². The highest BCUT2D eigenvalue weighted by Crippen LogP contribution is 2.25. The van der Waals surface area contributed by atoms with Crippen LogP contribution in [0.15, 0.2) is 0 Å². The molecule has 2 nitrogen and oxygen atoms in total. The molecule has 0 aliphatic rings. The SMILES string of the molecule is CCC(=O)CC(C)(C)CC(C)=O. The number of ketones is 2. The van der Waals surface area contributed by atoms with E-state index in [4.69, 9.17) is 0 Å². The number of carbonyl (C=O) groups is 2. The van der Waals surface area contributed by atoms with Crippen molar-refractivity contribution >= 4 is 11.6 Å². The van der Waals surface area contributed by atoms with Crippen LogP contribution in [0.3, 0.4) is 0 Å². The molecule has 0 saturated heterocycles. The lowest BCUT2D eigenvalue weighted by Gasteiger charge is -2.21. The second kappa shape index (κ2) is 4.39. The van der Waals surface area contributed by atoms with E-state index in [1.54, 1.807) is 6.92 Å². The summed E-state index contributed by atoms with van der Waals surface area (Å²) in [6.45, 7) is 7.34. The lowest BCUT2D eigenvalue weighted by molar-refractivity contribution is -0.122. The van der Waals surface area contributed by atoms with Gasteiger partial charge in [0.25, 0.3) is 0 Å². The molecule has 0 unspecified atom stereocenters. The summed E-state index contributed by atoms with van der Waals surface area (Å²) in [5.74, 6) is 0.394. The molecule has 0 aliphatic heterocycles. The molecule has 0 N–H and O–H groups in total. The molecule has 0 atom stereocenters. The standard InChI is InChI=1S/C10H18O2/c1-5-9(12)7-10(3,4)6-8(2)11/h5-7H2,1-4H3. The van der Waals surface area contributed by atoms with E-state index in [2.05, 4.69) is 0 Å². The molecular weight excluding hydrogens is 152 g/mol. The van der Waals surface area contributed by atoms with Crippen LogP contribution in [0.25, 0.3) is 0 Å². The summed E-state index contributed by atoms with van der Waals surface area (Å²) in [6, 6.07) is 0. The van der Waals surface area contributed by atoms with Crippen LogP contribution in [0.2, 0.25) is 0 Å². The fraction of sp³-hybridized carbons (Fsp3) is 0.800. The van der Waals surface area contributed by atoms with Crippen molar-refractivity contribution in [3.05, 3.63) is 0 Å². The third kappa shape index (κ3) is 5.05. The summed E-state index contributed by atoms with van der Waals surface area (Å²) >= 11 is 0. The maximum Gasteiger partial charge on any atom is 0.133 e. The maximum absolute atomic E-state index is 11.1. The summed E-state index contributed by atoms with van der Waals surface area (Å²) in [4.78, 5) is 21.9. The minimum Gasteiger partial charge on any atom is -0.300 e. The number of hydrogen-bond acceptors (Lipinski definition) is 2. The Morgan fingerprint density at radius 2 is 1.67 bits per heavy atom. The average Bonchev–Trinajstić information content (AvgIpc) is 1.83. The monoisotopic (exact) mass is 170 g/mol. The molecule has 0 heterocycles. The summed E-state index contributed by atoms with van der Waals surface area (Å²) in [5, 5.41) is 0. The van der Waals surface area contributed by atoms with Gasteiger partial charge in [-0.15, -0.1) is 0 Å². The van der Waals surface area contributed by atoms with Crippen LogP contribution in [0.4, 0.5) is 0 Å². The summed E-state index contributed by atoms with van der Waals surface area (Å²) in [7, 11) is 0. The topological polar surface area (TPSA) is 34.1 Å². The van der Waals surface area contributed by atoms with E-state index in [1.807, 2.05) is 20.8 Å². The molecular formula is C10H18O2. The molecule has 0 rings (SSSR count). The minimum atomic E-state index is -0.154. The van der Waals surface area contributed by atoms with Gasteiger partial charge >= 0.3 is 0 Å². The van der Waals surface area contributed by atoms with Crippen LogP contribution >= 0.6 is 0 Å². The average molecular weight is 170 g/mol. The lowest BCUT2D eigenvalue weighted by atomic mass is 9.82. The molecule has 0 spiro atoms. The molecule has 70 valence electrons. The van der Waals surface area contributed by atoms with Crippen LogP contribution < -0.4 is 0 Å². The van der Waals surface area contributed by atoms with Gasteiger partial charge in [-0.2, -0.15) is 0 Å². The molecule has 2 heteroatoms. The Balaban J connectivity index is 4.03. The number of hydrogen-bond donors (Lipinski definition) is 0. The van der Waals surface area contributed by atoms with Crippen molar-refractivity contribution in [3.63, 3.8) is 0 Å². The molecule has 12 heavy (non-hydrogen) atoms. The van der Waals surface area contributed by atoms with Crippen molar-refractivity contribution in [2.75, 3.05) is 0 Å². The quantitative estimate of drug-likeness (QED) is 0.634. The van der Waals surface area contributed by atoms with Gasteiger partial charge in [0, 0.05) is 19.3 Å². The van der Waals surface area contributed by atoms with Crippen molar-refractivity contribution in [2.24, 2.45) is 5.41 Å². The predicted molar refractivity (Wildman–Crippen MR) is 49.0 cm³/mol. The van der Waals surface area contributed by atoms with Crippen molar-refractivity contribution in [3.8, 4) is 0 Å². The first-order valence-corrected chi connectivity index (χ1v) is 4.38. The first kappa shape index (κ1) is 11.3. The Labute approximate surface area is 74.3 Å². The highest BCUT2D eigenvalue weighted by Gasteiger charge is 2.22. The van der Waals surface area contributed by atoms with Crippen molar-refractivity contribution < 1.29 is 9.59 Å². The highest BCUT2D eigenvalue weighted by atomic mass is 16.1. The van der Waals surface area contributed by atoms with Gasteiger partial charge < -0.3 is 4.79 Å². The van der Waals surface area contributed by atoms with Crippen molar-refractivity contribution in [1.29, 1.82) is 0 Å². The highest BCUT2D eigenvalue weighted by molar-refractivity contribution is 5.81. The molecule has 0 amide bonds. The van der Waals surface area contributed by atoms with E-state index in [0.29, 0.717) is 19.3 Å². The van der Waals surface area contributed by atoms with Crippen molar-refractivity contribution in [2.45, 2.75) is 47.0 Å². The van der Waals surface area contributed by atoms with E-state index in [9.17, 15) is 9.59 Å². The van der Waals surface area contributed by atoms with E-state index in [1.165, 1.54) is 0 Å². The smallest absolute Gasteiger partial charge is 0.133 e. The van der Waals surface area contributed by atoms with Gasteiger partial charge in [-0.05, 0) is 12.3 Å². The fourth-order valence-corrected chi connectivity index (χ4v) is 1.40. The van der Waals surface area contributed by atoms with Crippen LogP contribution in [0.5, 0.6) is 0 Å². The lowest BCUT2D eigenvalue weighted by Crippen LogP contribution is -2.19. The molecule has 0 aliphatic carbocycles. The zero-order chi connectivity index (χ0) is 9.78. The maximum atomic E-state index is 11.1. The Morgan fingerprint density at radius 3 is 2.00 bits per heavy atom. The molecule has 0 bridgehead atoms. The fourth-order valence-electron chi connectivity index (χ4n) is 1.40. The first-order chi connectivity index (χ1) is 5.37. The van der Waals surface area contributed by atoms with Crippen LogP contribution in [-0.2, 0) is 9.59 Å². The van der Waals surface area contributed by atoms with Crippen molar-refractivity contribution in [1.82, 2.24) is 0 Å². The van der Waals surface area contributed by atoms with Gasteiger partial charge in [-0.1, -0.05) is 20.8 Å². The summed E-state index contributed by atoms with van der Waals surface area (Å²) in [5.41, 5.74) is -0.154. The zero-order valence-corrected chi connectivity index (χ0v) is 8.44. The third-order valence-corrected chi connectivity index (χ3v) is 1.80. The van der Waals surface area contributed by atoms with Gasteiger partial charge in [-0.3, -0.25) is 4.79 Å². The second-order valence-corrected chi connectivity index (χ2v) is 4.11. The second-order valence-electron chi connectivity index (χ2n) is 4.11. The molecule has 0 fully saturated rings. The third-order valence-electron chi connectivity index (χ3n) is 1.80. The summed E-state index contributed by atoms with van der Waals surface area (Å²) in [6.07, 6.45) is 1.59. The number of rotatable bonds is 5. The summed E-state index contributed by atoms with van der Waals surface area (Å²) < 4.78 is 0. The molecule has 0 aromatic heterocycles. The minimum absolute atomic E-state index is 0.154. The predicted octanol–water partition coefficient (Wildman–Crippen LogP) is 2.36. The Kier molecular flexibility index (Phi) is 4.15. The van der Waals surface area contributed by atoms with Gasteiger partial charge in [0.15, 0.2) is 0 Å². The molecule has 0 aromatic rings. The van der Waals surface area contributed by atoms with Gasteiger partial charge in [0.05, 0.1) is 0 Å². The largest absolute Gasteiger partial charge is 0.300 e. The van der Waals surface area contributed by atoms with Gasteiger partial charge in [0.2, 0.25) is 0 Å². The first-order valence-electron chi connectivity index (χ1n) is 4.38. The van der Waals surface area contributed by atoms with E-state index < -0.39 is 0 Å².